The quantitative estimate of drug-likeness (QED) is 0.836. The minimum Gasteiger partial charge on any atom is -0.468 e. The predicted octanol–water partition coefficient (Wildman–Crippen LogP) is 1.99. The molecule has 0 aliphatic heterocycles. The Morgan fingerprint density at radius 1 is 1.26 bits per heavy atom. The van der Waals surface area contributed by atoms with Gasteiger partial charge in [-0.2, -0.15) is 10.5 Å². The van der Waals surface area contributed by atoms with E-state index in [1.165, 1.54) is 13.2 Å². The van der Waals surface area contributed by atoms with Crippen LogP contribution in [0, 0.1) is 28.5 Å². The van der Waals surface area contributed by atoms with Crippen LogP contribution in [0.4, 0.5) is 4.39 Å². The summed E-state index contributed by atoms with van der Waals surface area (Å²) in [5.41, 5.74) is 1.35. The molecule has 0 fully saturated rings. The zero-order valence-corrected chi connectivity index (χ0v) is 13.1. The number of nitrogens with zero attached hydrogens (tertiary/aromatic N) is 2. The van der Waals surface area contributed by atoms with Gasteiger partial charge in [0.25, 0.3) is 0 Å². The number of carbonyl (C=O) groups is 2. The molecule has 1 aromatic carbocycles. The van der Waals surface area contributed by atoms with Gasteiger partial charge in [-0.3, -0.25) is 9.59 Å². The summed E-state index contributed by atoms with van der Waals surface area (Å²) in [5, 5.41) is 18.6. The van der Waals surface area contributed by atoms with Gasteiger partial charge in [-0.1, -0.05) is 19.1 Å². The largest absolute Gasteiger partial charge is 0.468 e. The van der Waals surface area contributed by atoms with E-state index < -0.39 is 5.97 Å². The second-order valence-corrected chi connectivity index (χ2v) is 4.30. The van der Waals surface area contributed by atoms with Gasteiger partial charge >= 0.3 is 5.97 Å². The molecule has 6 nitrogen and oxygen atoms in total. The zero-order chi connectivity index (χ0) is 17.7. The average molecular weight is 319 g/mol. The average Bonchev–Trinajstić information content (AvgIpc) is 2.54. The lowest BCUT2D eigenvalue weighted by Gasteiger charge is -2.06. The third kappa shape index (κ3) is 8.84. The van der Waals surface area contributed by atoms with Crippen molar-refractivity contribution in [3.05, 3.63) is 35.1 Å². The molecule has 0 atom stereocenters. The standard InChI is InChI=1S/C12H13FN2O.C4H5NO2/c1-2-9-3-4-10(11(13)7-9)8-15-12(16)5-6-14;1-7-4(6)2-3-5/h3-4,7H,2,5,8H2,1H3,(H,15,16);2H2,1H3. The van der Waals surface area contributed by atoms with Crippen LogP contribution in [-0.2, 0) is 27.3 Å². The van der Waals surface area contributed by atoms with E-state index >= 15 is 0 Å². The van der Waals surface area contributed by atoms with E-state index in [4.69, 9.17) is 10.5 Å². The monoisotopic (exact) mass is 319 g/mol. The van der Waals surface area contributed by atoms with Gasteiger partial charge in [0.2, 0.25) is 5.91 Å². The summed E-state index contributed by atoms with van der Waals surface area (Å²) < 4.78 is 17.6. The van der Waals surface area contributed by atoms with Crippen LogP contribution in [0.25, 0.3) is 0 Å². The van der Waals surface area contributed by atoms with Gasteiger partial charge in [-0.15, -0.1) is 0 Å². The van der Waals surface area contributed by atoms with Gasteiger partial charge < -0.3 is 10.1 Å². The fourth-order valence-corrected chi connectivity index (χ4v) is 1.42. The number of benzene rings is 1. The predicted molar refractivity (Wildman–Crippen MR) is 80.1 cm³/mol. The molecule has 1 N–H and O–H groups in total. The number of nitrogens with one attached hydrogen (secondary N) is 1. The molecule has 122 valence electrons. The number of hydrogen-bond donors (Lipinski definition) is 1. The zero-order valence-electron chi connectivity index (χ0n) is 13.1. The Hall–Kier alpha value is -2.93. The maximum Gasteiger partial charge on any atom is 0.319 e. The first-order valence-electron chi connectivity index (χ1n) is 6.83. The molecule has 0 spiro atoms. The maximum atomic E-state index is 13.5. The van der Waals surface area contributed by atoms with Crippen LogP contribution in [0.1, 0.15) is 30.9 Å². The van der Waals surface area contributed by atoms with Gasteiger partial charge in [0.05, 0.1) is 19.2 Å². The maximum absolute atomic E-state index is 13.5. The second-order valence-electron chi connectivity index (χ2n) is 4.30. The molecule has 0 saturated heterocycles. The van der Waals surface area contributed by atoms with Crippen LogP contribution in [-0.4, -0.2) is 19.0 Å². The topological polar surface area (TPSA) is 103 Å². The van der Waals surface area contributed by atoms with Crippen molar-refractivity contribution in [1.82, 2.24) is 5.32 Å². The third-order valence-electron chi connectivity index (χ3n) is 2.69. The molecule has 0 saturated carbocycles. The van der Waals surface area contributed by atoms with E-state index in [1.54, 1.807) is 18.2 Å². The Morgan fingerprint density at radius 3 is 2.35 bits per heavy atom. The Morgan fingerprint density at radius 2 is 1.91 bits per heavy atom. The van der Waals surface area contributed by atoms with Crippen LogP contribution in [0.5, 0.6) is 0 Å². The highest BCUT2D eigenvalue weighted by molar-refractivity contribution is 5.77. The number of carbonyl (C=O) groups excluding carboxylic acids is 2. The van der Waals surface area contributed by atoms with Crippen molar-refractivity contribution in [3.63, 3.8) is 0 Å². The van der Waals surface area contributed by atoms with E-state index in [0.717, 1.165) is 12.0 Å². The first-order chi connectivity index (χ1) is 11.0. The van der Waals surface area contributed by atoms with Crippen molar-refractivity contribution in [3.8, 4) is 12.1 Å². The second kappa shape index (κ2) is 11.7. The summed E-state index contributed by atoms with van der Waals surface area (Å²) in [4.78, 5) is 21.0. The van der Waals surface area contributed by atoms with E-state index in [-0.39, 0.29) is 31.1 Å². The number of ether oxygens (including phenoxy) is 1. The summed E-state index contributed by atoms with van der Waals surface area (Å²) >= 11 is 0. The molecular weight excluding hydrogens is 301 g/mol. The molecule has 1 amide bonds. The van der Waals surface area contributed by atoms with Crippen molar-refractivity contribution >= 4 is 11.9 Å². The first-order valence-corrected chi connectivity index (χ1v) is 6.83. The minimum absolute atomic E-state index is 0.121. The molecule has 0 aromatic heterocycles. The highest BCUT2D eigenvalue weighted by Crippen LogP contribution is 2.10. The number of esters is 1. The summed E-state index contributed by atoms with van der Waals surface area (Å²) in [6.07, 6.45) is 0.420. The molecule has 0 radical (unpaired) electrons. The van der Waals surface area contributed by atoms with Crippen LogP contribution in [0.2, 0.25) is 0 Å². The number of rotatable bonds is 5. The normalized spacial score (nSPS) is 8.74. The van der Waals surface area contributed by atoms with E-state index in [2.05, 4.69) is 10.1 Å². The van der Waals surface area contributed by atoms with E-state index in [0.29, 0.717) is 5.56 Å². The molecule has 1 aromatic rings. The van der Waals surface area contributed by atoms with Gasteiger partial charge in [0.1, 0.15) is 18.7 Å². The summed E-state index contributed by atoms with van der Waals surface area (Å²) in [5.74, 6) is -1.19. The van der Waals surface area contributed by atoms with E-state index in [1.807, 2.05) is 13.0 Å². The molecule has 0 aliphatic carbocycles. The van der Waals surface area contributed by atoms with Crippen LogP contribution >= 0.6 is 0 Å². The lowest BCUT2D eigenvalue weighted by molar-refractivity contribution is -0.139. The fourth-order valence-electron chi connectivity index (χ4n) is 1.42. The van der Waals surface area contributed by atoms with Crippen molar-refractivity contribution in [2.24, 2.45) is 0 Å². The summed E-state index contributed by atoms with van der Waals surface area (Å²) in [6.45, 7) is 2.07. The minimum atomic E-state index is -0.484. The summed E-state index contributed by atoms with van der Waals surface area (Å²) in [7, 11) is 1.25. The number of nitriles is 2. The first kappa shape index (κ1) is 20.1. The molecule has 0 aliphatic rings. The number of hydrogen-bond acceptors (Lipinski definition) is 5. The van der Waals surface area contributed by atoms with Gasteiger partial charge in [-0.05, 0) is 18.1 Å². The van der Waals surface area contributed by atoms with Crippen molar-refractivity contribution in [1.29, 1.82) is 10.5 Å². The number of amides is 1. The number of halogens is 1. The molecule has 0 bridgehead atoms. The smallest absolute Gasteiger partial charge is 0.319 e. The molecular formula is C16H18FN3O3. The SMILES string of the molecule is CCc1ccc(CNC(=O)CC#N)c(F)c1.COC(=O)CC#N. The van der Waals surface area contributed by atoms with Crippen LogP contribution in [0.3, 0.4) is 0 Å². The molecule has 1 rings (SSSR count). The fraction of sp³-hybridized carbons (Fsp3) is 0.375. The van der Waals surface area contributed by atoms with Crippen LogP contribution < -0.4 is 5.32 Å². The summed E-state index contributed by atoms with van der Waals surface area (Å²) in [6, 6.07) is 8.32. The lowest BCUT2D eigenvalue weighted by Crippen LogP contribution is -2.22. The molecule has 0 heterocycles. The highest BCUT2D eigenvalue weighted by atomic mass is 19.1. The third-order valence-corrected chi connectivity index (χ3v) is 2.69. The van der Waals surface area contributed by atoms with Crippen molar-refractivity contribution < 1.29 is 18.7 Å². The van der Waals surface area contributed by atoms with Crippen molar-refractivity contribution in [2.45, 2.75) is 32.7 Å². The molecule has 0 unspecified atom stereocenters. The number of methoxy groups -OCH3 is 1. The molecule has 7 heteroatoms. The lowest BCUT2D eigenvalue weighted by atomic mass is 10.1. The Labute approximate surface area is 134 Å². The van der Waals surface area contributed by atoms with Crippen molar-refractivity contribution in [2.75, 3.05) is 7.11 Å². The Bertz CT molecular complexity index is 618. The Kier molecular flexibility index (Phi) is 10.2. The highest BCUT2D eigenvalue weighted by Gasteiger charge is 2.05. The van der Waals surface area contributed by atoms with E-state index in [9.17, 15) is 14.0 Å². The van der Waals surface area contributed by atoms with Gasteiger partial charge in [0.15, 0.2) is 0 Å². The molecule has 23 heavy (non-hydrogen) atoms. The van der Waals surface area contributed by atoms with Gasteiger partial charge in [0, 0.05) is 12.1 Å². The number of aryl methyl sites for hydroxylation is 1. The Balaban J connectivity index is 0.000000585. The van der Waals surface area contributed by atoms with Crippen LogP contribution in [0.15, 0.2) is 18.2 Å². The van der Waals surface area contributed by atoms with Gasteiger partial charge in [-0.25, -0.2) is 4.39 Å².